The molecular weight excluding hydrogens is 360 g/mol. The molecule has 2 aromatic heterocycles. The number of pyridine rings is 1. The normalized spacial score (nSPS) is 16.0. The van der Waals surface area contributed by atoms with Crippen molar-refractivity contribution >= 4 is 23.0 Å². The summed E-state index contributed by atoms with van der Waals surface area (Å²) in [5.74, 6) is 0.0551. The molecule has 1 fully saturated rings. The fourth-order valence-corrected chi connectivity index (χ4v) is 4.24. The number of benzene rings is 1. The first-order valence-corrected chi connectivity index (χ1v) is 10.2. The number of nitrogens with zero attached hydrogens (tertiary/aromatic N) is 4. The Balaban J connectivity index is 1.67. The second-order valence-electron chi connectivity index (χ2n) is 7.88. The minimum Gasteiger partial charge on any atom is -0.339 e. The number of carbonyl (C=O) groups excluding carboxylic acids is 1. The molecular formula is C24H28N4O. The van der Waals surface area contributed by atoms with E-state index in [2.05, 4.69) is 39.7 Å². The van der Waals surface area contributed by atoms with Crippen molar-refractivity contribution in [3.63, 3.8) is 0 Å². The summed E-state index contributed by atoms with van der Waals surface area (Å²) in [6.07, 6.45) is 7.54. The Morgan fingerprint density at radius 3 is 2.55 bits per heavy atom. The van der Waals surface area contributed by atoms with Gasteiger partial charge in [0.05, 0.1) is 5.69 Å². The monoisotopic (exact) mass is 388 g/mol. The molecule has 0 saturated carbocycles. The second kappa shape index (κ2) is 8.21. The molecule has 0 unspecified atom stereocenters. The number of likely N-dealkylation sites (tertiary alicyclic amines) is 1. The molecule has 3 aromatic rings. The molecule has 4 rings (SSSR count). The van der Waals surface area contributed by atoms with Gasteiger partial charge in [0.1, 0.15) is 5.65 Å². The van der Waals surface area contributed by atoms with E-state index in [-0.39, 0.29) is 5.91 Å². The van der Waals surface area contributed by atoms with Crippen molar-refractivity contribution in [2.24, 2.45) is 7.05 Å². The zero-order valence-corrected chi connectivity index (χ0v) is 17.4. The zero-order valence-electron chi connectivity index (χ0n) is 17.4. The number of likely N-dealkylation sites (N-methyl/N-ethyl adjacent to an activating group) is 1. The Morgan fingerprint density at radius 1 is 1.10 bits per heavy atom. The number of aromatic nitrogens is 2. The van der Waals surface area contributed by atoms with Gasteiger partial charge in [-0.25, -0.2) is 4.98 Å². The predicted octanol–water partition coefficient (Wildman–Crippen LogP) is 3.81. The van der Waals surface area contributed by atoms with E-state index in [9.17, 15) is 4.79 Å². The van der Waals surface area contributed by atoms with Crippen LogP contribution in [-0.4, -0.2) is 58.5 Å². The SMILES string of the molecule is CN1CCC(N(C)C(=O)/C=C/c2c(-c3ccccc3)n(C)c3ncccc23)CC1. The van der Waals surface area contributed by atoms with Crippen LogP contribution in [0.15, 0.2) is 54.7 Å². The second-order valence-corrected chi connectivity index (χ2v) is 7.88. The number of rotatable bonds is 4. The highest BCUT2D eigenvalue weighted by Gasteiger charge is 2.23. The average Bonchev–Trinajstić information content (AvgIpc) is 3.04. The Kier molecular flexibility index (Phi) is 5.49. The lowest BCUT2D eigenvalue weighted by molar-refractivity contribution is -0.127. The van der Waals surface area contributed by atoms with Crippen molar-refractivity contribution < 1.29 is 4.79 Å². The van der Waals surface area contributed by atoms with Crippen molar-refractivity contribution in [1.82, 2.24) is 19.4 Å². The van der Waals surface area contributed by atoms with Crippen LogP contribution >= 0.6 is 0 Å². The van der Waals surface area contributed by atoms with Crippen LogP contribution in [-0.2, 0) is 11.8 Å². The van der Waals surface area contributed by atoms with E-state index in [1.165, 1.54) is 0 Å². The van der Waals surface area contributed by atoms with Crippen molar-refractivity contribution in [2.45, 2.75) is 18.9 Å². The highest BCUT2D eigenvalue weighted by atomic mass is 16.2. The lowest BCUT2D eigenvalue weighted by Crippen LogP contribution is -2.43. The minimum absolute atomic E-state index is 0.0551. The Hall–Kier alpha value is -2.92. The maximum atomic E-state index is 12.9. The molecule has 0 aliphatic carbocycles. The van der Waals surface area contributed by atoms with Crippen LogP contribution in [0.1, 0.15) is 18.4 Å². The highest BCUT2D eigenvalue weighted by Crippen LogP contribution is 2.33. The average molecular weight is 389 g/mol. The number of carbonyl (C=O) groups is 1. The zero-order chi connectivity index (χ0) is 20.4. The summed E-state index contributed by atoms with van der Waals surface area (Å²) in [6, 6.07) is 14.6. The van der Waals surface area contributed by atoms with Gasteiger partial charge < -0.3 is 14.4 Å². The molecule has 150 valence electrons. The first kappa shape index (κ1) is 19.4. The van der Waals surface area contributed by atoms with Crippen LogP contribution in [0.4, 0.5) is 0 Å². The molecule has 1 aromatic carbocycles. The largest absolute Gasteiger partial charge is 0.339 e. The fraction of sp³-hybridized carbons (Fsp3) is 0.333. The molecule has 1 amide bonds. The van der Waals surface area contributed by atoms with E-state index >= 15 is 0 Å². The molecule has 29 heavy (non-hydrogen) atoms. The van der Waals surface area contributed by atoms with E-state index in [0.717, 1.165) is 53.8 Å². The number of aryl methyl sites for hydroxylation is 1. The topological polar surface area (TPSA) is 41.4 Å². The van der Waals surface area contributed by atoms with E-state index in [4.69, 9.17) is 0 Å². The Morgan fingerprint density at radius 2 is 1.83 bits per heavy atom. The molecule has 1 aliphatic rings. The van der Waals surface area contributed by atoms with Gasteiger partial charge in [0, 0.05) is 43.4 Å². The van der Waals surface area contributed by atoms with Crippen molar-refractivity contribution in [3.05, 3.63) is 60.3 Å². The van der Waals surface area contributed by atoms with Gasteiger partial charge in [0.15, 0.2) is 0 Å². The number of hydrogen-bond acceptors (Lipinski definition) is 3. The summed E-state index contributed by atoms with van der Waals surface area (Å²) in [4.78, 5) is 21.7. The van der Waals surface area contributed by atoms with Gasteiger partial charge in [0.2, 0.25) is 5.91 Å². The fourth-order valence-electron chi connectivity index (χ4n) is 4.24. The minimum atomic E-state index is 0.0551. The van der Waals surface area contributed by atoms with E-state index in [1.54, 1.807) is 6.08 Å². The maximum absolute atomic E-state index is 12.9. The summed E-state index contributed by atoms with van der Waals surface area (Å²) >= 11 is 0. The Labute approximate surface area is 172 Å². The van der Waals surface area contributed by atoms with Crippen LogP contribution in [0, 0.1) is 0 Å². The third-order valence-electron chi connectivity index (χ3n) is 6.01. The smallest absolute Gasteiger partial charge is 0.246 e. The third kappa shape index (κ3) is 3.83. The molecule has 0 bridgehead atoms. The molecule has 0 spiro atoms. The van der Waals surface area contributed by atoms with Gasteiger partial charge in [-0.15, -0.1) is 0 Å². The summed E-state index contributed by atoms with van der Waals surface area (Å²) in [7, 11) is 6.09. The lowest BCUT2D eigenvalue weighted by atomic mass is 10.0. The molecule has 1 aliphatic heterocycles. The maximum Gasteiger partial charge on any atom is 0.246 e. The molecule has 5 nitrogen and oxygen atoms in total. The van der Waals surface area contributed by atoms with Crippen LogP contribution in [0.3, 0.4) is 0 Å². The molecule has 0 atom stereocenters. The Bertz CT molecular complexity index is 1030. The summed E-state index contributed by atoms with van der Waals surface area (Å²) in [5.41, 5.74) is 4.14. The highest BCUT2D eigenvalue weighted by molar-refractivity contribution is 6.00. The van der Waals surface area contributed by atoms with Gasteiger partial charge in [-0.05, 0) is 56.8 Å². The molecule has 1 saturated heterocycles. The van der Waals surface area contributed by atoms with Gasteiger partial charge in [-0.1, -0.05) is 30.3 Å². The van der Waals surface area contributed by atoms with Crippen LogP contribution in [0.2, 0.25) is 0 Å². The van der Waals surface area contributed by atoms with E-state index in [0.29, 0.717) is 6.04 Å². The van der Waals surface area contributed by atoms with Gasteiger partial charge in [-0.3, -0.25) is 4.79 Å². The molecule has 0 radical (unpaired) electrons. The van der Waals surface area contributed by atoms with Crippen molar-refractivity contribution in [2.75, 3.05) is 27.2 Å². The number of hydrogen-bond donors (Lipinski definition) is 0. The van der Waals surface area contributed by atoms with E-state index < -0.39 is 0 Å². The molecule has 5 heteroatoms. The third-order valence-corrected chi connectivity index (χ3v) is 6.01. The van der Waals surface area contributed by atoms with Crippen LogP contribution in [0.25, 0.3) is 28.4 Å². The van der Waals surface area contributed by atoms with Crippen LogP contribution in [0.5, 0.6) is 0 Å². The molecule has 0 N–H and O–H groups in total. The summed E-state index contributed by atoms with van der Waals surface area (Å²) in [6.45, 7) is 2.08. The van der Waals surface area contributed by atoms with E-state index in [1.807, 2.05) is 55.5 Å². The quantitative estimate of drug-likeness (QED) is 0.638. The van der Waals surface area contributed by atoms with Gasteiger partial charge >= 0.3 is 0 Å². The van der Waals surface area contributed by atoms with Crippen molar-refractivity contribution in [1.29, 1.82) is 0 Å². The number of amides is 1. The summed E-state index contributed by atoms with van der Waals surface area (Å²) in [5, 5.41) is 1.06. The number of piperidine rings is 1. The van der Waals surface area contributed by atoms with Gasteiger partial charge in [0.25, 0.3) is 0 Å². The first-order valence-electron chi connectivity index (χ1n) is 10.2. The van der Waals surface area contributed by atoms with Crippen LogP contribution < -0.4 is 0 Å². The van der Waals surface area contributed by atoms with Gasteiger partial charge in [-0.2, -0.15) is 0 Å². The lowest BCUT2D eigenvalue weighted by Gasteiger charge is -2.34. The first-order chi connectivity index (χ1) is 14.1. The predicted molar refractivity (Wildman–Crippen MR) is 118 cm³/mol. The summed E-state index contributed by atoms with van der Waals surface area (Å²) < 4.78 is 2.11. The standard InChI is InChI=1S/C24H28N4O/c1-26-16-13-19(14-17-26)27(2)22(29)12-11-20-21-10-7-15-25-24(21)28(3)23(20)18-8-5-4-6-9-18/h4-12,15,19H,13-14,16-17H2,1-3H3/b12-11+. The van der Waals surface area contributed by atoms with Crippen molar-refractivity contribution in [3.8, 4) is 11.3 Å². The number of fused-ring (bicyclic) bond motifs is 1. The molecule has 3 heterocycles.